The largest absolute Gasteiger partial charge is 0.493 e. The molecule has 1 N–H and O–H groups in total. The van der Waals surface area contributed by atoms with Crippen LogP contribution in [0.1, 0.15) is 21.5 Å². The van der Waals surface area contributed by atoms with Crippen molar-refractivity contribution in [3.05, 3.63) is 64.1 Å². The van der Waals surface area contributed by atoms with E-state index in [2.05, 4.69) is 16.3 Å². The van der Waals surface area contributed by atoms with Gasteiger partial charge in [-0.3, -0.25) is 4.79 Å². The minimum Gasteiger partial charge on any atom is -0.493 e. The summed E-state index contributed by atoms with van der Waals surface area (Å²) in [5.41, 5.74) is 3.17. The smallest absolute Gasteiger partial charge is 0.253 e. The highest BCUT2D eigenvalue weighted by molar-refractivity contribution is 8.04. The van der Waals surface area contributed by atoms with E-state index in [-0.39, 0.29) is 11.4 Å². The number of nitrogens with zero attached hydrogens (tertiary/aromatic N) is 2. The van der Waals surface area contributed by atoms with E-state index < -0.39 is 0 Å². The second kappa shape index (κ2) is 7.49. The van der Waals surface area contributed by atoms with Crippen LogP contribution in [0.15, 0.2) is 47.4 Å². The summed E-state index contributed by atoms with van der Waals surface area (Å²) < 4.78 is 10.9. The quantitative estimate of drug-likeness (QED) is 0.860. The van der Waals surface area contributed by atoms with Crippen LogP contribution in [0.25, 0.3) is 5.70 Å². The number of nitrogens with one attached hydrogen (secondary N) is 1. The maximum absolute atomic E-state index is 12.6. The predicted octanol–water partition coefficient (Wildman–Crippen LogP) is 3.21. The molecule has 0 aliphatic carbocycles. The van der Waals surface area contributed by atoms with Gasteiger partial charge in [0.2, 0.25) is 0 Å². The number of hydrogen-bond acceptors (Lipinski definition) is 6. The van der Waals surface area contributed by atoms with Crippen LogP contribution < -0.4 is 14.8 Å². The van der Waals surface area contributed by atoms with Crippen molar-refractivity contribution >= 4 is 23.4 Å². The van der Waals surface area contributed by atoms with Crippen LogP contribution in [-0.4, -0.2) is 37.1 Å². The molecule has 0 saturated carbocycles. The Labute approximate surface area is 167 Å². The van der Waals surface area contributed by atoms with Gasteiger partial charge >= 0.3 is 0 Å². The van der Waals surface area contributed by atoms with Gasteiger partial charge in [-0.2, -0.15) is 5.26 Å². The molecule has 0 saturated heterocycles. The molecule has 142 valence electrons. The van der Waals surface area contributed by atoms with Crippen LogP contribution in [0.5, 0.6) is 11.5 Å². The summed E-state index contributed by atoms with van der Waals surface area (Å²) in [7, 11) is 3.20. The van der Waals surface area contributed by atoms with E-state index in [1.165, 1.54) is 11.8 Å². The molecule has 4 rings (SSSR count). The zero-order chi connectivity index (χ0) is 19.7. The van der Waals surface area contributed by atoms with Crippen LogP contribution >= 0.6 is 11.8 Å². The fraction of sp³-hybridized carbons (Fsp3) is 0.238. The summed E-state index contributed by atoms with van der Waals surface area (Å²) in [4.78, 5) is 15.3. The Kier molecular flexibility index (Phi) is 4.88. The first-order chi connectivity index (χ1) is 13.7. The first kappa shape index (κ1) is 18.3. The van der Waals surface area contributed by atoms with Crippen molar-refractivity contribution in [2.75, 3.05) is 20.8 Å². The van der Waals surface area contributed by atoms with Crippen molar-refractivity contribution in [2.24, 2.45) is 0 Å². The maximum Gasteiger partial charge on any atom is 0.253 e. The summed E-state index contributed by atoms with van der Waals surface area (Å²) in [5.74, 6) is 1.14. The van der Waals surface area contributed by atoms with Gasteiger partial charge in [-0.25, -0.2) is 0 Å². The summed E-state index contributed by atoms with van der Waals surface area (Å²) in [5, 5.41) is 12.7. The van der Waals surface area contributed by atoms with Gasteiger partial charge in [0.1, 0.15) is 11.0 Å². The second-order valence-corrected chi connectivity index (χ2v) is 7.50. The van der Waals surface area contributed by atoms with E-state index in [4.69, 9.17) is 9.47 Å². The van der Waals surface area contributed by atoms with Crippen molar-refractivity contribution in [3.8, 4) is 17.6 Å². The van der Waals surface area contributed by atoms with Gasteiger partial charge in [-0.15, -0.1) is 0 Å². The minimum absolute atomic E-state index is 0.158. The van der Waals surface area contributed by atoms with Gasteiger partial charge in [-0.1, -0.05) is 30.0 Å². The van der Waals surface area contributed by atoms with E-state index in [9.17, 15) is 10.1 Å². The molecule has 0 fully saturated rings. The number of rotatable bonds is 4. The Morgan fingerprint density at radius 2 is 1.93 bits per heavy atom. The maximum atomic E-state index is 12.6. The number of hydrogen-bond donors (Lipinski definition) is 1. The first-order valence-corrected chi connectivity index (χ1v) is 9.73. The molecule has 6 nitrogen and oxygen atoms in total. The zero-order valence-electron chi connectivity index (χ0n) is 15.6. The number of carbonyl (C=O) groups excluding carboxylic acids is 1. The van der Waals surface area contributed by atoms with Crippen LogP contribution in [0.4, 0.5) is 0 Å². The average Bonchev–Trinajstić information content (AvgIpc) is 3.11. The highest BCUT2D eigenvalue weighted by Crippen LogP contribution is 2.47. The molecule has 2 aliphatic rings. The monoisotopic (exact) mass is 393 g/mol. The van der Waals surface area contributed by atoms with Crippen LogP contribution in [0, 0.1) is 11.3 Å². The van der Waals surface area contributed by atoms with Gasteiger partial charge in [0.15, 0.2) is 17.0 Å². The summed E-state index contributed by atoms with van der Waals surface area (Å²) in [6.07, 6.45) is 0.788. The summed E-state index contributed by atoms with van der Waals surface area (Å²) >= 11 is 1.37. The molecule has 1 atom stereocenters. The molecule has 1 amide bonds. The van der Waals surface area contributed by atoms with Crippen molar-refractivity contribution in [1.29, 1.82) is 5.26 Å². The molecule has 2 aliphatic heterocycles. The summed E-state index contributed by atoms with van der Waals surface area (Å²) in [6.45, 7) is 0.704. The SMILES string of the molecule is COc1cc2c(cc1OC)C1=C(C#N)SC(NC(=O)c3ccccc3)N1CC2. The Morgan fingerprint density at radius 3 is 2.61 bits per heavy atom. The van der Waals surface area contributed by atoms with Gasteiger partial charge in [0.05, 0.1) is 19.9 Å². The number of allylic oxidation sites excluding steroid dienone is 1. The van der Waals surface area contributed by atoms with Crippen LogP contribution in [-0.2, 0) is 6.42 Å². The topological polar surface area (TPSA) is 74.6 Å². The molecule has 0 radical (unpaired) electrons. The molecule has 0 bridgehead atoms. The van der Waals surface area contributed by atoms with Gasteiger partial charge in [0, 0.05) is 17.7 Å². The average molecular weight is 393 g/mol. The lowest BCUT2D eigenvalue weighted by Gasteiger charge is -2.34. The Morgan fingerprint density at radius 1 is 1.21 bits per heavy atom. The number of methoxy groups -OCH3 is 2. The van der Waals surface area contributed by atoms with Gasteiger partial charge in [-0.05, 0) is 36.2 Å². The fourth-order valence-corrected chi connectivity index (χ4v) is 4.66. The third-order valence-electron chi connectivity index (χ3n) is 4.89. The Hall–Kier alpha value is -3.11. The number of thioether (sulfide) groups is 1. The first-order valence-electron chi connectivity index (χ1n) is 8.85. The summed E-state index contributed by atoms with van der Waals surface area (Å²) in [6, 6.07) is 15.3. The zero-order valence-corrected chi connectivity index (χ0v) is 16.4. The molecule has 1 unspecified atom stereocenters. The number of benzene rings is 2. The van der Waals surface area contributed by atoms with Crippen molar-refractivity contribution in [3.63, 3.8) is 0 Å². The van der Waals surface area contributed by atoms with E-state index in [1.54, 1.807) is 26.4 Å². The van der Waals surface area contributed by atoms with Gasteiger partial charge < -0.3 is 19.7 Å². The lowest BCUT2D eigenvalue weighted by Crippen LogP contribution is -2.44. The fourth-order valence-electron chi connectivity index (χ4n) is 3.55. The highest BCUT2D eigenvalue weighted by atomic mass is 32.2. The molecule has 2 aromatic carbocycles. The number of nitriles is 1. The number of ether oxygens (including phenoxy) is 2. The number of carbonyl (C=O) groups is 1. The Balaban J connectivity index is 1.66. The molecular formula is C21H19N3O3S. The predicted molar refractivity (Wildman–Crippen MR) is 108 cm³/mol. The van der Waals surface area contributed by atoms with Crippen molar-refractivity contribution < 1.29 is 14.3 Å². The van der Waals surface area contributed by atoms with Crippen LogP contribution in [0.3, 0.4) is 0 Å². The lowest BCUT2D eigenvalue weighted by atomic mass is 9.95. The van der Waals surface area contributed by atoms with Crippen molar-refractivity contribution in [1.82, 2.24) is 10.2 Å². The number of fused-ring (bicyclic) bond motifs is 3. The minimum atomic E-state index is -0.321. The molecule has 0 spiro atoms. The molecule has 2 aromatic rings. The highest BCUT2D eigenvalue weighted by Gasteiger charge is 2.38. The Bertz CT molecular complexity index is 998. The standard InChI is InChI=1S/C21H19N3O3S/c1-26-16-10-14-8-9-24-19(15(14)11-17(16)27-2)18(12-22)28-21(24)23-20(25)13-6-4-3-5-7-13/h3-7,10-11,21H,8-9H2,1-2H3,(H,23,25). The number of amides is 1. The van der Waals surface area contributed by atoms with E-state index >= 15 is 0 Å². The lowest BCUT2D eigenvalue weighted by molar-refractivity contribution is 0.0928. The normalized spacial score (nSPS) is 17.5. The molecule has 2 heterocycles. The van der Waals surface area contributed by atoms with E-state index in [1.807, 2.05) is 30.3 Å². The molecule has 28 heavy (non-hydrogen) atoms. The third kappa shape index (κ3) is 3.06. The molecule has 0 aromatic heterocycles. The molecular weight excluding hydrogens is 374 g/mol. The van der Waals surface area contributed by atoms with E-state index in [0.717, 1.165) is 23.2 Å². The third-order valence-corrected chi connectivity index (χ3v) is 6.01. The van der Waals surface area contributed by atoms with E-state index in [0.29, 0.717) is 28.5 Å². The van der Waals surface area contributed by atoms with Crippen LogP contribution in [0.2, 0.25) is 0 Å². The second-order valence-electron chi connectivity index (χ2n) is 6.41. The van der Waals surface area contributed by atoms with Crippen molar-refractivity contribution in [2.45, 2.75) is 11.9 Å². The molecule has 7 heteroatoms. The van der Waals surface area contributed by atoms with Gasteiger partial charge in [0.25, 0.3) is 5.91 Å².